The Kier molecular flexibility index (Phi) is 25.0. The van der Waals surface area contributed by atoms with Crippen LogP contribution in [0.25, 0.3) is 0 Å². The molecule has 1 unspecified atom stereocenters. The fraction of sp³-hybridized carbons (Fsp3) is 0.950. The molecular weight excluding hydrogens is 428 g/mol. The Morgan fingerprint density at radius 1 is 0.720 bits per heavy atom. The second kappa shape index (κ2) is 22.6. The van der Waals surface area contributed by atoms with E-state index >= 15 is 0 Å². The molecule has 5 heteroatoms. The fourth-order valence-corrected chi connectivity index (χ4v) is 3.65. The van der Waals surface area contributed by atoms with Crippen LogP contribution < -0.4 is 0 Å². The Labute approximate surface area is 175 Å². The maximum Gasteiger partial charge on any atom is 0.343 e. The van der Waals surface area contributed by atoms with E-state index in [9.17, 15) is 4.79 Å². The third-order valence-electron chi connectivity index (χ3n) is 4.48. The summed E-state index contributed by atoms with van der Waals surface area (Å²) >= 11 is 1.13. The summed E-state index contributed by atoms with van der Waals surface area (Å²) in [7, 11) is 0. The summed E-state index contributed by atoms with van der Waals surface area (Å²) in [5.74, 6) is -0.386. The van der Waals surface area contributed by atoms with Gasteiger partial charge in [0, 0.05) is 22.4 Å². The molecule has 0 aliphatic heterocycles. The molecule has 0 heterocycles. The smallest absolute Gasteiger partial charge is 0.343 e. The fourth-order valence-electron chi connectivity index (χ4n) is 2.92. The van der Waals surface area contributed by atoms with Gasteiger partial charge in [-0.15, -0.1) is 11.8 Å². The Hall–Kier alpha value is 0.520. The van der Waals surface area contributed by atoms with Crippen LogP contribution in [0.2, 0.25) is 0 Å². The zero-order valence-corrected chi connectivity index (χ0v) is 18.4. The summed E-state index contributed by atoms with van der Waals surface area (Å²) in [5, 5.41) is 17.7. The van der Waals surface area contributed by atoms with Gasteiger partial charge >= 0.3 is 5.97 Å². The van der Waals surface area contributed by atoms with Crippen molar-refractivity contribution >= 4 is 17.7 Å². The van der Waals surface area contributed by atoms with Crippen molar-refractivity contribution in [1.82, 2.24) is 0 Å². The van der Waals surface area contributed by atoms with Crippen molar-refractivity contribution in [2.45, 2.75) is 115 Å². The topological polar surface area (TPSA) is 57.5 Å². The van der Waals surface area contributed by atoms with Crippen molar-refractivity contribution in [3.63, 3.8) is 0 Å². The predicted molar refractivity (Wildman–Crippen MR) is 106 cm³/mol. The van der Waals surface area contributed by atoms with Gasteiger partial charge in [0.15, 0.2) is 5.44 Å². The molecule has 2 N–H and O–H groups in total. The summed E-state index contributed by atoms with van der Waals surface area (Å²) in [6.07, 6.45) is 21.5. The quantitative estimate of drug-likeness (QED) is 0.131. The van der Waals surface area contributed by atoms with Crippen LogP contribution in [-0.2, 0) is 27.2 Å². The van der Waals surface area contributed by atoms with Gasteiger partial charge in [-0.25, -0.2) is 4.79 Å². The van der Waals surface area contributed by atoms with E-state index < -0.39 is 11.4 Å². The number of carbonyl (C=O) groups is 1. The van der Waals surface area contributed by atoms with Gasteiger partial charge in [0.25, 0.3) is 0 Å². The van der Waals surface area contributed by atoms with Crippen molar-refractivity contribution in [3.05, 3.63) is 0 Å². The molecule has 1 atom stereocenters. The molecule has 1 radical (unpaired) electrons. The third-order valence-corrected chi connectivity index (χ3v) is 5.53. The zero-order chi connectivity index (χ0) is 17.9. The maximum atomic E-state index is 10.4. The van der Waals surface area contributed by atoms with Gasteiger partial charge in [-0.1, -0.05) is 103 Å². The summed E-state index contributed by atoms with van der Waals surface area (Å²) < 4.78 is 0. The number of carboxylic acid groups (broad SMARTS) is 1. The van der Waals surface area contributed by atoms with Crippen LogP contribution in [0.5, 0.6) is 0 Å². The minimum atomic E-state index is -1.25. The molecular formula is C20H40AgO3S. The first-order valence-electron chi connectivity index (χ1n) is 10.2. The van der Waals surface area contributed by atoms with Gasteiger partial charge in [-0.3, -0.25) is 0 Å². The van der Waals surface area contributed by atoms with E-state index in [1.165, 1.54) is 89.9 Å². The van der Waals surface area contributed by atoms with Crippen molar-refractivity contribution < 1.29 is 37.4 Å². The number of unbranched alkanes of at least 4 members (excludes halogenated alkanes) is 15. The molecule has 25 heavy (non-hydrogen) atoms. The summed E-state index contributed by atoms with van der Waals surface area (Å²) in [6.45, 7) is 2.27. The van der Waals surface area contributed by atoms with Crippen LogP contribution >= 0.6 is 11.8 Å². The molecule has 155 valence electrons. The number of thioether (sulfide) groups is 1. The molecule has 0 saturated carbocycles. The standard InChI is InChI=1S/C20H40O3S.Ag/c1-2-3-4-5-6-7-8-9-10-11-12-13-14-15-16-17-18-24-20(23)19(21)22;/h20,23H,2-18H2,1H3,(H,21,22);. The minimum Gasteiger partial charge on any atom is -0.479 e. The van der Waals surface area contributed by atoms with E-state index in [-0.39, 0.29) is 22.4 Å². The first-order chi connectivity index (χ1) is 11.7. The van der Waals surface area contributed by atoms with E-state index in [0.717, 1.165) is 30.4 Å². The molecule has 0 aliphatic carbocycles. The summed E-state index contributed by atoms with van der Waals surface area (Å²) in [6, 6.07) is 0. The minimum absolute atomic E-state index is 0. The van der Waals surface area contributed by atoms with Crippen molar-refractivity contribution in [1.29, 1.82) is 0 Å². The molecule has 0 aromatic carbocycles. The van der Waals surface area contributed by atoms with Gasteiger partial charge < -0.3 is 10.2 Å². The zero-order valence-electron chi connectivity index (χ0n) is 16.1. The molecule has 0 aliphatic rings. The number of hydrogen-bond donors (Lipinski definition) is 2. The van der Waals surface area contributed by atoms with Gasteiger partial charge in [-0.2, -0.15) is 0 Å². The second-order valence-electron chi connectivity index (χ2n) is 6.86. The van der Waals surface area contributed by atoms with Gasteiger partial charge in [0.2, 0.25) is 0 Å². The SMILES string of the molecule is CCCCCCCCCCCCCCCCCCSC(O)C(=O)O.[Ag]. The third kappa shape index (κ3) is 22.5. The predicted octanol–water partition coefficient (Wildman–Crippen LogP) is 6.38. The van der Waals surface area contributed by atoms with Gasteiger partial charge in [0.1, 0.15) is 0 Å². The second-order valence-corrected chi connectivity index (χ2v) is 8.05. The maximum absolute atomic E-state index is 10.4. The van der Waals surface area contributed by atoms with Crippen LogP contribution in [0.1, 0.15) is 110 Å². The van der Waals surface area contributed by atoms with E-state index in [2.05, 4.69) is 6.92 Å². The molecule has 0 bridgehead atoms. The van der Waals surface area contributed by atoms with E-state index in [4.69, 9.17) is 10.2 Å². The Morgan fingerprint density at radius 3 is 1.36 bits per heavy atom. The van der Waals surface area contributed by atoms with Crippen molar-refractivity contribution in [3.8, 4) is 0 Å². The molecule has 0 amide bonds. The summed E-state index contributed by atoms with van der Waals surface area (Å²) in [5.41, 5.74) is -1.25. The monoisotopic (exact) mass is 467 g/mol. The normalized spacial score (nSPS) is 11.9. The first kappa shape index (κ1) is 27.7. The van der Waals surface area contributed by atoms with E-state index in [0.29, 0.717) is 0 Å². The number of aliphatic hydroxyl groups excluding tert-OH is 1. The molecule has 0 spiro atoms. The molecule has 0 fully saturated rings. The van der Waals surface area contributed by atoms with E-state index in [1.54, 1.807) is 0 Å². The summed E-state index contributed by atoms with van der Waals surface area (Å²) in [4.78, 5) is 10.4. The van der Waals surface area contributed by atoms with Gasteiger partial charge in [-0.05, 0) is 12.2 Å². The van der Waals surface area contributed by atoms with Crippen LogP contribution in [0, 0.1) is 0 Å². The van der Waals surface area contributed by atoms with Crippen LogP contribution in [0.15, 0.2) is 0 Å². The Bertz CT molecular complexity index is 278. The molecule has 0 saturated heterocycles. The molecule has 3 nitrogen and oxygen atoms in total. The van der Waals surface area contributed by atoms with E-state index in [1.807, 2.05) is 0 Å². The van der Waals surface area contributed by atoms with Crippen molar-refractivity contribution in [2.24, 2.45) is 0 Å². The van der Waals surface area contributed by atoms with Crippen molar-refractivity contribution in [2.75, 3.05) is 5.75 Å². The largest absolute Gasteiger partial charge is 0.479 e. The van der Waals surface area contributed by atoms with Gasteiger partial charge in [0.05, 0.1) is 0 Å². The Morgan fingerprint density at radius 2 is 1.04 bits per heavy atom. The molecule has 0 aromatic heterocycles. The Balaban J connectivity index is 0. The number of rotatable bonds is 19. The average Bonchev–Trinajstić information content (AvgIpc) is 2.57. The number of aliphatic carboxylic acids is 1. The number of hydrogen-bond acceptors (Lipinski definition) is 3. The number of carboxylic acids is 1. The van der Waals surface area contributed by atoms with Crippen LogP contribution in [0.4, 0.5) is 0 Å². The molecule has 0 rings (SSSR count). The van der Waals surface area contributed by atoms with Crippen LogP contribution in [-0.4, -0.2) is 27.4 Å². The number of aliphatic hydroxyl groups is 1. The van der Waals surface area contributed by atoms with Crippen LogP contribution in [0.3, 0.4) is 0 Å². The first-order valence-corrected chi connectivity index (χ1v) is 11.3. The average molecular weight is 468 g/mol. The molecule has 0 aromatic rings.